The van der Waals surface area contributed by atoms with Crippen LogP contribution >= 0.6 is 0 Å². The molecule has 0 atom stereocenters. The Labute approximate surface area is 139 Å². The molecule has 7 heteroatoms. The van der Waals surface area contributed by atoms with Crippen LogP contribution in [-0.2, 0) is 0 Å². The molecule has 0 unspecified atom stereocenters. The summed E-state index contributed by atoms with van der Waals surface area (Å²) >= 11 is 0. The molecular formula is C17H18FN3O3. The summed E-state index contributed by atoms with van der Waals surface area (Å²) in [6.45, 7) is 0.498. The van der Waals surface area contributed by atoms with Crippen molar-refractivity contribution in [3.63, 3.8) is 0 Å². The summed E-state index contributed by atoms with van der Waals surface area (Å²) in [4.78, 5) is 4.12. The third kappa shape index (κ3) is 4.85. The Hall–Kier alpha value is -2.80. The first-order chi connectivity index (χ1) is 11.6. The molecule has 126 valence electrons. The summed E-state index contributed by atoms with van der Waals surface area (Å²) < 4.78 is 18.0. The molecule has 2 aromatic rings. The second kappa shape index (κ2) is 8.73. The van der Waals surface area contributed by atoms with Crippen LogP contribution in [0.4, 0.5) is 15.8 Å². The molecule has 24 heavy (non-hydrogen) atoms. The molecular weight excluding hydrogens is 313 g/mol. The molecule has 0 aliphatic rings. The monoisotopic (exact) mass is 331 g/mol. The molecule has 0 aliphatic carbocycles. The Bertz CT molecular complexity index is 731. The average molecular weight is 331 g/mol. The lowest BCUT2D eigenvalue weighted by molar-refractivity contribution is 0.291. The minimum atomic E-state index is -0.346. The molecule has 0 radical (unpaired) electrons. The van der Waals surface area contributed by atoms with E-state index in [-0.39, 0.29) is 23.9 Å². The number of phenolic OH excluding ortho intramolecular Hbond substituents is 1. The topological polar surface area (TPSA) is 86.8 Å². The van der Waals surface area contributed by atoms with Crippen molar-refractivity contribution in [3.8, 4) is 11.5 Å². The van der Waals surface area contributed by atoms with Crippen LogP contribution in [0.5, 0.6) is 11.5 Å². The van der Waals surface area contributed by atoms with Crippen molar-refractivity contribution in [3.05, 3.63) is 47.8 Å². The number of azo groups is 1. The highest BCUT2D eigenvalue weighted by molar-refractivity contribution is 5.86. The molecule has 0 fully saturated rings. The number of benzene rings is 2. The number of hydrogen-bond acceptors (Lipinski definition) is 6. The van der Waals surface area contributed by atoms with Crippen molar-refractivity contribution in [2.24, 2.45) is 15.2 Å². The van der Waals surface area contributed by atoms with Gasteiger partial charge in [-0.2, -0.15) is 10.2 Å². The van der Waals surface area contributed by atoms with Gasteiger partial charge in [0.2, 0.25) is 0 Å². The van der Waals surface area contributed by atoms with Gasteiger partial charge < -0.3 is 14.9 Å². The molecule has 0 aromatic heterocycles. The highest BCUT2D eigenvalue weighted by Gasteiger charge is 2.09. The summed E-state index contributed by atoms with van der Waals surface area (Å²) in [6, 6.07) is 8.75. The van der Waals surface area contributed by atoms with Gasteiger partial charge in [-0.15, -0.1) is 0 Å². The van der Waals surface area contributed by atoms with Gasteiger partial charge in [0.15, 0.2) is 11.5 Å². The van der Waals surface area contributed by atoms with Crippen molar-refractivity contribution in [1.29, 1.82) is 0 Å². The van der Waals surface area contributed by atoms with Crippen LogP contribution in [0.1, 0.15) is 12.0 Å². The SMILES string of the molecule is COc1cc(N=Nc2ccc(F)cc2)cc(C=NCCCO)c1O. The number of aliphatic hydroxyl groups excluding tert-OH is 1. The van der Waals surface area contributed by atoms with E-state index in [2.05, 4.69) is 15.2 Å². The highest BCUT2D eigenvalue weighted by atomic mass is 19.1. The Morgan fingerprint density at radius 2 is 1.83 bits per heavy atom. The maximum atomic E-state index is 12.9. The van der Waals surface area contributed by atoms with Crippen LogP contribution in [0.3, 0.4) is 0 Å². The Balaban J connectivity index is 2.25. The van der Waals surface area contributed by atoms with Crippen molar-refractivity contribution in [2.45, 2.75) is 6.42 Å². The van der Waals surface area contributed by atoms with Gasteiger partial charge in [-0.25, -0.2) is 4.39 Å². The Kier molecular flexibility index (Phi) is 6.39. The fraction of sp³-hybridized carbons (Fsp3) is 0.235. The van der Waals surface area contributed by atoms with Crippen molar-refractivity contribution in [1.82, 2.24) is 0 Å². The van der Waals surface area contributed by atoms with Crippen LogP contribution < -0.4 is 4.74 Å². The first-order valence-corrected chi connectivity index (χ1v) is 7.33. The second-order valence-corrected chi connectivity index (χ2v) is 4.87. The zero-order valence-electron chi connectivity index (χ0n) is 13.2. The smallest absolute Gasteiger partial charge is 0.166 e. The molecule has 0 amide bonds. The molecule has 0 spiro atoms. The van der Waals surface area contributed by atoms with E-state index in [9.17, 15) is 9.50 Å². The van der Waals surface area contributed by atoms with Crippen LogP contribution in [0, 0.1) is 5.82 Å². The van der Waals surface area contributed by atoms with E-state index >= 15 is 0 Å². The van der Waals surface area contributed by atoms with Gasteiger partial charge in [0, 0.05) is 31.0 Å². The fourth-order valence-electron chi connectivity index (χ4n) is 1.87. The minimum Gasteiger partial charge on any atom is -0.504 e. The fourth-order valence-corrected chi connectivity index (χ4v) is 1.87. The molecule has 0 saturated heterocycles. The van der Waals surface area contributed by atoms with Gasteiger partial charge >= 0.3 is 0 Å². The molecule has 0 bridgehead atoms. The summed E-state index contributed by atoms with van der Waals surface area (Å²) in [5, 5.41) is 26.9. The molecule has 2 rings (SSSR count). The van der Waals surface area contributed by atoms with Gasteiger partial charge in [-0.3, -0.25) is 4.99 Å². The predicted octanol–water partition coefficient (Wildman–Crippen LogP) is 3.76. The number of halogens is 1. The largest absolute Gasteiger partial charge is 0.504 e. The highest BCUT2D eigenvalue weighted by Crippen LogP contribution is 2.34. The van der Waals surface area contributed by atoms with E-state index in [0.29, 0.717) is 29.9 Å². The Morgan fingerprint density at radius 1 is 1.12 bits per heavy atom. The van der Waals surface area contributed by atoms with E-state index < -0.39 is 0 Å². The summed E-state index contributed by atoms with van der Waals surface area (Å²) in [6.07, 6.45) is 2.03. The minimum absolute atomic E-state index is 0.0500. The molecule has 2 N–H and O–H groups in total. The first-order valence-electron chi connectivity index (χ1n) is 7.33. The molecule has 0 heterocycles. The molecule has 0 aliphatic heterocycles. The van der Waals surface area contributed by atoms with Crippen LogP contribution in [0.25, 0.3) is 0 Å². The van der Waals surface area contributed by atoms with Crippen molar-refractivity contribution < 1.29 is 19.3 Å². The van der Waals surface area contributed by atoms with Gasteiger partial charge in [0.25, 0.3) is 0 Å². The normalized spacial score (nSPS) is 11.5. The number of rotatable bonds is 7. The lowest BCUT2D eigenvalue weighted by Crippen LogP contribution is -1.91. The zero-order valence-corrected chi connectivity index (χ0v) is 13.2. The quantitative estimate of drug-likeness (QED) is 0.460. The van der Waals surface area contributed by atoms with E-state index in [1.165, 1.54) is 43.7 Å². The lowest BCUT2D eigenvalue weighted by Gasteiger charge is -2.07. The summed E-state index contributed by atoms with van der Waals surface area (Å²) in [5.41, 5.74) is 1.39. The summed E-state index contributed by atoms with van der Waals surface area (Å²) in [7, 11) is 1.43. The molecule has 0 saturated carbocycles. The number of aliphatic imine (C=N–C) groups is 1. The third-order valence-corrected chi connectivity index (χ3v) is 3.09. The maximum absolute atomic E-state index is 12.9. The third-order valence-electron chi connectivity index (χ3n) is 3.09. The first kappa shape index (κ1) is 17.6. The van der Waals surface area contributed by atoms with Crippen LogP contribution in [0.2, 0.25) is 0 Å². The molecule has 2 aromatic carbocycles. The second-order valence-electron chi connectivity index (χ2n) is 4.87. The number of aliphatic hydroxyl groups is 1. The van der Waals surface area contributed by atoms with Crippen molar-refractivity contribution >= 4 is 17.6 Å². The number of aromatic hydroxyl groups is 1. The van der Waals surface area contributed by atoms with Crippen LogP contribution in [0.15, 0.2) is 51.6 Å². The number of nitrogens with zero attached hydrogens (tertiary/aromatic N) is 3. The van der Waals surface area contributed by atoms with Gasteiger partial charge in [0.1, 0.15) is 5.82 Å². The number of hydrogen-bond donors (Lipinski definition) is 2. The summed E-state index contributed by atoms with van der Waals surface area (Å²) in [5.74, 6) is -0.151. The molecule has 6 nitrogen and oxygen atoms in total. The van der Waals surface area contributed by atoms with E-state index in [1.807, 2.05) is 0 Å². The zero-order chi connectivity index (χ0) is 17.4. The number of ether oxygens (including phenoxy) is 1. The van der Waals surface area contributed by atoms with E-state index in [1.54, 1.807) is 6.07 Å². The lowest BCUT2D eigenvalue weighted by atomic mass is 10.1. The Morgan fingerprint density at radius 3 is 2.50 bits per heavy atom. The van der Waals surface area contributed by atoms with E-state index in [0.717, 1.165) is 0 Å². The maximum Gasteiger partial charge on any atom is 0.166 e. The van der Waals surface area contributed by atoms with Gasteiger partial charge in [0.05, 0.1) is 18.5 Å². The average Bonchev–Trinajstić information content (AvgIpc) is 2.60. The number of methoxy groups -OCH3 is 1. The van der Waals surface area contributed by atoms with Gasteiger partial charge in [-0.05, 0) is 36.8 Å². The standard InChI is InChI=1S/C17H18FN3O3/c1-24-16-10-15(21-20-14-5-3-13(18)4-6-14)9-12(17(16)23)11-19-7-2-8-22/h3-6,9-11,22-23H,2,7-8H2,1H3. The predicted molar refractivity (Wildman–Crippen MR) is 89.4 cm³/mol. The van der Waals surface area contributed by atoms with Gasteiger partial charge in [-0.1, -0.05) is 0 Å². The number of phenols is 1. The van der Waals surface area contributed by atoms with E-state index in [4.69, 9.17) is 9.84 Å². The van der Waals surface area contributed by atoms with Crippen LogP contribution in [-0.4, -0.2) is 36.7 Å². The van der Waals surface area contributed by atoms with Crippen molar-refractivity contribution in [2.75, 3.05) is 20.3 Å².